The van der Waals surface area contributed by atoms with Crippen molar-refractivity contribution >= 4 is 46.5 Å². The molecule has 0 heterocycles. The third kappa shape index (κ3) is 7.01. The van der Waals surface area contributed by atoms with Crippen molar-refractivity contribution in [3.05, 3.63) is 139 Å². The lowest BCUT2D eigenvalue weighted by Crippen LogP contribution is -2.15. The smallest absolute Gasteiger partial charge is 0.337 e. The molecule has 0 bridgehead atoms. The molecule has 216 valence electrons. The van der Waals surface area contributed by atoms with Crippen molar-refractivity contribution in [1.29, 1.82) is 0 Å². The lowest BCUT2D eigenvalue weighted by molar-refractivity contribution is -0.385. The highest BCUT2D eigenvalue weighted by molar-refractivity contribution is 6.09. The van der Waals surface area contributed by atoms with E-state index in [0.29, 0.717) is 11.1 Å². The highest BCUT2D eigenvalue weighted by atomic mass is 16.6. The standard InChI is InChI=1S/C29H20N4O10/c34-26(18-3-1-5-20(14-18)32(40)41)30-24-9-7-16(12-22(24)28(36)37)11-17-8-10-25(23(13-17)29(38)39)31-27(35)19-4-2-6-21(15-19)33(42)43/h1-10,12-15H,11H2,(H,30,34)(H,31,35)(H,36,37)(H,38,39). The Morgan fingerprint density at radius 2 is 1.00 bits per heavy atom. The van der Waals surface area contributed by atoms with Crippen molar-refractivity contribution in [2.24, 2.45) is 0 Å². The van der Waals surface area contributed by atoms with Crippen LogP contribution in [-0.2, 0) is 6.42 Å². The van der Waals surface area contributed by atoms with Crippen LogP contribution in [0.3, 0.4) is 0 Å². The zero-order valence-electron chi connectivity index (χ0n) is 21.8. The first kappa shape index (κ1) is 29.5. The van der Waals surface area contributed by atoms with Crippen LogP contribution in [0.15, 0.2) is 84.9 Å². The maximum Gasteiger partial charge on any atom is 0.337 e. The Morgan fingerprint density at radius 3 is 1.35 bits per heavy atom. The molecule has 14 nitrogen and oxygen atoms in total. The van der Waals surface area contributed by atoms with E-state index in [2.05, 4.69) is 10.6 Å². The van der Waals surface area contributed by atoms with E-state index < -0.39 is 33.6 Å². The molecule has 4 aromatic carbocycles. The topological polar surface area (TPSA) is 219 Å². The molecule has 0 unspecified atom stereocenters. The van der Waals surface area contributed by atoms with Crippen LogP contribution in [0.5, 0.6) is 0 Å². The summed E-state index contributed by atoms with van der Waals surface area (Å²) in [7, 11) is 0. The predicted molar refractivity (Wildman–Crippen MR) is 152 cm³/mol. The number of carbonyl (C=O) groups is 4. The largest absolute Gasteiger partial charge is 0.478 e. The molecule has 2 amide bonds. The Morgan fingerprint density at radius 1 is 0.605 bits per heavy atom. The minimum atomic E-state index is -1.36. The second kappa shape index (κ2) is 12.4. The minimum Gasteiger partial charge on any atom is -0.478 e. The molecule has 4 aromatic rings. The van der Waals surface area contributed by atoms with Crippen molar-refractivity contribution in [2.75, 3.05) is 10.6 Å². The SMILES string of the molecule is O=C(Nc1ccc(Cc2ccc(NC(=O)c3cccc([N+](=O)[O-])c3)c(C(=O)O)c2)cc1C(=O)O)c1cccc([N+](=O)[O-])c1. The number of anilines is 2. The van der Waals surface area contributed by atoms with E-state index in [0.717, 1.165) is 12.1 Å². The van der Waals surface area contributed by atoms with Gasteiger partial charge < -0.3 is 20.8 Å². The summed E-state index contributed by atoms with van der Waals surface area (Å²) < 4.78 is 0. The molecule has 0 aromatic heterocycles. The zero-order valence-corrected chi connectivity index (χ0v) is 21.8. The van der Waals surface area contributed by atoms with Crippen LogP contribution < -0.4 is 10.6 Å². The molecule has 0 saturated heterocycles. The third-order valence-electron chi connectivity index (χ3n) is 6.17. The van der Waals surface area contributed by atoms with Crippen molar-refractivity contribution in [3.63, 3.8) is 0 Å². The van der Waals surface area contributed by atoms with Gasteiger partial charge in [0, 0.05) is 35.4 Å². The summed E-state index contributed by atoms with van der Waals surface area (Å²) >= 11 is 0. The third-order valence-corrected chi connectivity index (χ3v) is 6.17. The quantitative estimate of drug-likeness (QED) is 0.144. The number of aromatic carboxylic acids is 2. The van der Waals surface area contributed by atoms with Crippen molar-refractivity contribution in [2.45, 2.75) is 6.42 Å². The normalized spacial score (nSPS) is 10.4. The molecule has 0 spiro atoms. The van der Waals surface area contributed by atoms with Crippen LogP contribution in [-0.4, -0.2) is 43.8 Å². The Labute approximate surface area is 241 Å². The summed E-state index contributed by atoms with van der Waals surface area (Å²) in [6.45, 7) is 0. The number of nitro benzene ring substituents is 2. The van der Waals surface area contributed by atoms with Gasteiger partial charge >= 0.3 is 11.9 Å². The molecule has 43 heavy (non-hydrogen) atoms. The van der Waals surface area contributed by atoms with Gasteiger partial charge in [-0.05, 0) is 53.9 Å². The highest BCUT2D eigenvalue weighted by Gasteiger charge is 2.19. The van der Waals surface area contributed by atoms with Gasteiger partial charge in [0.2, 0.25) is 0 Å². The Kier molecular flexibility index (Phi) is 8.51. The average Bonchev–Trinajstić information content (AvgIpc) is 2.98. The molecule has 4 N–H and O–H groups in total. The Hall–Kier alpha value is -6.44. The molecule has 0 saturated carbocycles. The summed E-state index contributed by atoms with van der Waals surface area (Å²) in [6, 6.07) is 18.2. The molecule has 14 heteroatoms. The number of nitrogens with one attached hydrogen (secondary N) is 2. The van der Waals surface area contributed by atoms with Crippen LogP contribution in [0.25, 0.3) is 0 Å². The lowest BCUT2D eigenvalue weighted by Gasteiger charge is -2.13. The summed E-state index contributed by atoms with van der Waals surface area (Å²) in [5.74, 6) is -4.23. The van der Waals surface area contributed by atoms with Gasteiger partial charge in [-0.1, -0.05) is 24.3 Å². The number of carboxylic acids is 2. The molecule has 0 atom stereocenters. The number of amides is 2. The molecule has 4 rings (SSSR count). The number of nitrogens with zero attached hydrogens (tertiary/aromatic N) is 2. The van der Waals surface area contributed by atoms with Gasteiger partial charge in [-0.15, -0.1) is 0 Å². The summed E-state index contributed by atoms with van der Waals surface area (Å²) in [6.07, 6.45) is 0.0821. The Bertz CT molecular complexity index is 1690. The van der Waals surface area contributed by atoms with Gasteiger partial charge in [0.25, 0.3) is 23.2 Å². The number of hydrogen-bond acceptors (Lipinski definition) is 8. The van der Waals surface area contributed by atoms with Crippen molar-refractivity contribution < 1.29 is 39.2 Å². The van der Waals surface area contributed by atoms with Crippen LogP contribution in [0.1, 0.15) is 52.6 Å². The maximum atomic E-state index is 12.6. The van der Waals surface area contributed by atoms with Crippen LogP contribution in [0.2, 0.25) is 0 Å². The molecular weight excluding hydrogens is 564 g/mol. The first-order chi connectivity index (χ1) is 20.4. The summed E-state index contributed by atoms with van der Waals surface area (Å²) in [4.78, 5) is 69.9. The number of rotatable bonds is 10. The van der Waals surface area contributed by atoms with Gasteiger partial charge in [-0.2, -0.15) is 0 Å². The number of carbonyl (C=O) groups excluding carboxylic acids is 2. The first-order valence-electron chi connectivity index (χ1n) is 12.3. The van der Waals surface area contributed by atoms with E-state index in [-0.39, 0.29) is 51.4 Å². The molecule has 0 aliphatic rings. The van der Waals surface area contributed by atoms with E-state index in [1.807, 2.05) is 0 Å². The monoisotopic (exact) mass is 584 g/mol. The van der Waals surface area contributed by atoms with E-state index in [1.54, 1.807) is 0 Å². The van der Waals surface area contributed by atoms with E-state index in [1.165, 1.54) is 72.8 Å². The highest BCUT2D eigenvalue weighted by Crippen LogP contribution is 2.25. The van der Waals surface area contributed by atoms with E-state index >= 15 is 0 Å². The Balaban J connectivity index is 1.55. The molecule has 0 aliphatic carbocycles. The molecular formula is C29H20N4O10. The van der Waals surface area contributed by atoms with Crippen molar-refractivity contribution in [3.8, 4) is 0 Å². The lowest BCUT2D eigenvalue weighted by atomic mass is 9.99. The van der Waals surface area contributed by atoms with Gasteiger partial charge in [0.05, 0.1) is 32.3 Å². The van der Waals surface area contributed by atoms with Crippen LogP contribution >= 0.6 is 0 Å². The van der Waals surface area contributed by atoms with Gasteiger partial charge in [-0.25, -0.2) is 9.59 Å². The van der Waals surface area contributed by atoms with Crippen molar-refractivity contribution in [1.82, 2.24) is 0 Å². The van der Waals surface area contributed by atoms with Gasteiger partial charge in [0.1, 0.15) is 0 Å². The van der Waals surface area contributed by atoms with Crippen LogP contribution in [0.4, 0.5) is 22.7 Å². The number of carboxylic acid groups (broad SMARTS) is 2. The number of non-ortho nitro benzene ring substituents is 2. The maximum absolute atomic E-state index is 12.6. The van der Waals surface area contributed by atoms with E-state index in [9.17, 15) is 49.6 Å². The fourth-order valence-electron chi connectivity index (χ4n) is 4.12. The number of nitro groups is 2. The number of benzene rings is 4. The molecule has 0 radical (unpaired) electrons. The summed E-state index contributed by atoms with van der Waals surface area (Å²) in [5.41, 5.74) is -0.455. The number of hydrogen-bond donors (Lipinski definition) is 4. The molecule has 0 fully saturated rings. The predicted octanol–water partition coefficient (Wildman–Crippen LogP) is 4.99. The molecule has 0 aliphatic heterocycles. The van der Waals surface area contributed by atoms with Crippen LogP contribution in [0, 0.1) is 20.2 Å². The van der Waals surface area contributed by atoms with Gasteiger partial charge in [0.15, 0.2) is 0 Å². The fraction of sp³-hybridized carbons (Fsp3) is 0.0345. The second-order valence-corrected chi connectivity index (χ2v) is 9.07. The average molecular weight is 584 g/mol. The second-order valence-electron chi connectivity index (χ2n) is 9.07. The fourth-order valence-corrected chi connectivity index (χ4v) is 4.12. The summed E-state index contributed by atoms with van der Waals surface area (Å²) in [5, 5.41) is 46.4. The zero-order chi connectivity index (χ0) is 31.3. The van der Waals surface area contributed by atoms with E-state index in [4.69, 9.17) is 0 Å². The minimum absolute atomic E-state index is 0.0477. The van der Waals surface area contributed by atoms with Gasteiger partial charge in [-0.3, -0.25) is 29.8 Å². The first-order valence-corrected chi connectivity index (χ1v) is 12.3.